The maximum Gasteiger partial charge on any atom is 0.156 e. The molecule has 104 valence electrons. The zero-order valence-electron chi connectivity index (χ0n) is 11.7. The number of ether oxygens (including phenoxy) is 2. The number of benzene rings is 1. The van der Waals surface area contributed by atoms with Gasteiger partial charge in [0, 0.05) is 23.4 Å². The second-order valence-electron chi connectivity index (χ2n) is 4.34. The van der Waals surface area contributed by atoms with Gasteiger partial charge in [-0.05, 0) is 18.2 Å². The monoisotopic (exact) mass is 279 g/mol. The summed E-state index contributed by atoms with van der Waals surface area (Å²) >= 11 is 0. The first-order valence-corrected chi connectivity index (χ1v) is 6.33. The van der Waals surface area contributed by atoms with Crippen LogP contribution in [0.25, 0.3) is 11.0 Å². The van der Waals surface area contributed by atoms with Gasteiger partial charge in [-0.2, -0.15) is 5.10 Å². The third-order valence-electron chi connectivity index (χ3n) is 3.05. The van der Waals surface area contributed by atoms with E-state index in [1.54, 1.807) is 26.6 Å². The highest BCUT2D eigenvalue weighted by atomic mass is 16.5. The maximum atomic E-state index is 5.23. The number of methoxy groups -OCH3 is 2. The van der Waals surface area contributed by atoms with Crippen LogP contribution in [-0.4, -0.2) is 29.4 Å². The molecular formula is C16H13N3O2. The molecule has 0 aliphatic rings. The van der Waals surface area contributed by atoms with E-state index in [9.17, 15) is 0 Å². The van der Waals surface area contributed by atoms with Gasteiger partial charge >= 0.3 is 0 Å². The highest BCUT2D eigenvalue weighted by Crippen LogP contribution is 2.22. The van der Waals surface area contributed by atoms with E-state index in [2.05, 4.69) is 27.0 Å². The summed E-state index contributed by atoms with van der Waals surface area (Å²) < 4.78 is 10.5. The molecule has 0 saturated heterocycles. The molecule has 0 atom stereocenters. The van der Waals surface area contributed by atoms with Gasteiger partial charge in [0.15, 0.2) is 5.65 Å². The molecular weight excluding hydrogens is 266 g/mol. The Bertz CT molecular complexity index is 821. The number of pyridine rings is 1. The molecule has 0 unspecified atom stereocenters. The fourth-order valence-electron chi connectivity index (χ4n) is 1.98. The van der Waals surface area contributed by atoms with Gasteiger partial charge in [-0.3, -0.25) is 5.10 Å². The second-order valence-corrected chi connectivity index (χ2v) is 4.34. The molecule has 0 radical (unpaired) electrons. The lowest BCUT2D eigenvalue weighted by Gasteiger charge is -2.04. The average molecular weight is 279 g/mol. The Morgan fingerprint density at radius 2 is 1.81 bits per heavy atom. The molecule has 0 aliphatic carbocycles. The molecule has 5 heteroatoms. The summed E-state index contributed by atoms with van der Waals surface area (Å²) in [4.78, 5) is 4.19. The number of hydrogen-bond donors (Lipinski definition) is 1. The minimum Gasteiger partial charge on any atom is -0.497 e. The average Bonchev–Trinajstić information content (AvgIpc) is 3.01. The van der Waals surface area contributed by atoms with Gasteiger partial charge in [0.2, 0.25) is 0 Å². The number of aromatic nitrogens is 3. The minimum atomic E-state index is 0.710. The summed E-state index contributed by atoms with van der Waals surface area (Å²) in [6, 6.07) is 7.40. The molecule has 3 aromatic rings. The van der Waals surface area contributed by atoms with Gasteiger partial charge in [-0.25, -0.2) is 4.98 Å². The number of hydrogen-bond acceptors (Lipinski definition) is 4. The predicted octanol–water partition coefficient (Wildman–Crippen LogP) is 2.37. The van der Waals surface area contributed by atoms with Crippen LogP contribution < -0.4 is 9.47 Å². The summed E-state index contributed by atoms with van der Waals surface area (Å²) in [5.74, 6) is 7.66. The van der Waals surface area contributed by atoms with Crippen LogP contribution in [0, 0.1) is 11.8 Å². The van der Waals surface area contributed by atoms with Crippen LogP contribution in [0.1, 0.15) is 11.1 Å². The number of aromatic amines is 1. The van der Waals surface area contributed by atoms with Crippen molar-refractivity contribution in [3.05, 3.63) is 47.8 Å². The highest BCUT2D eigenvalue weighted by Gasteiger charge is 2.02. The topological polar surface area (TPSA) is 60.0 Å². The Morgan fingerprint density at radius 3 is 2.52 bits per heavy atom. The maximum absolute atomic E-state index is 5.23. The summed E-state index contributed by atoms with van der Waals surface area (Å²) in [6.45, 7) is 0. The summed E-state index contributed by atoms with van der Waals surface area (Å²) in [6.07, 6.45) is 3.43. The van der Waals surface area contributed by atoms with E-state index in [0.717, 1.165) is 22.2 Å². The van der Waals surface area contributed by atoms with Crippen LogP contribution in [0.2, 0.25) is 0 Å². The van der Waals surface area contributed by atoms with Crippen LogP contribution in [-0.2, 0) is 0 Å². The molecule has 0 amide bonds. The molecule has 5 nitrogen and oxygen atoms in total. The van der Waals surface area contributed by atoms with Crippen molar-refractivity contribution < 1.29 is 9.47 Å². The number of fused-ring (bicyclic) bond motifs is 1. The predicted molar refractivity (Wildman–Crippen MR) is 79.4 cm³/mol. The molecule has 2 heterocycles. The molecule has 1 N–H and O–H groups in total. The van der Waals surface area contributed by atoms with Crippen molar-refractivity contribution in [2.75, 3.05) is 14.2 Å². The summed E-state index contributed by atoms with van der Waals surface area (Å²) in [7, 11) is 3.23. The molecule has 21 heavy (non-hydrogen) atoms. The zero-order chi connectivity index (χ0) is 14.7. The van der Waals surface area contributed by atoms with Gasteiger partial charge in [0.05, 0.1) is 25.8 Å². The van der Waals surface area contributed by atoms with Crippen molar-refractivity contribution in [2.45, 2.75) is 0 Å². The van der Waals surface area contributed by atoms with E-state index in [4.69, 9.17) is 9.47 Å². The first-order chi connectivity index (χ1) is 10.3. The first-order valence-electron chi connectivity index (χ1n) is 6.33. The van der Waals surface area contributed by atoms with Gasteiger partial charge in [-0.15, -0.1) is 0 Å². The van der Waals surface area contributed by atoms with Crippen molar-refractivity contribution in [1.82, 2.24) is 15.2 Å². The SMILES string of the molecule is COc1cc(C#Cc2ccnc3[nH]ncc23)cc(OC)c1. The Morgan fingerprint density at radius 1 is 1.05 bits per heavy atom. The molecule has 1 aromatic carbocycles. The van der Waals surface area contributed by atoms with Crippen LogP contribution in [0.15, 0.2) is 36.7 Å². The highest BCUT2D eigenvalue weighted by molar-refractivity contribution is 5.81. The van der Waals surface area contributed by atoms with Gasteiger partial charge < -0.3 is 9.47 Å². The quantitative estimate of drug-likeness (QED) is 0.732. The second kappa shape index (κ2) is 5.55. The van der Waals surface area contributed by atoms with Gasteiger partial charge in [0.25, 0.3) is 0 Å². The van der Waals surface area contributed by atoms with Gasteiger partial charge in [0.1, 0.15) is 11.5 Å². The Hall–Kier alpha value is -3.00. The first kappa shape index (κ1) is 13.0. The van der Waals surface area contributed by atoms with Gasteiger partial charge in [-0.1, -0.05) is 11.8 Å². The lowest BCUT2D eigenvalue weighted by molar-refractivity contribution is 0.394. The molecule has 2 aromatic heterocycles. The van der Waals surface area contributed by atoms with E-state index in [0.29, 0.717) is 11.5 Å². The van der Waals surface area contributed by atoms with Crippen molar-refractivity contribution in [1.29, 1.82) is 0 Å². The fraction of sp³-hybridized carbons (Fsp3) is 0.125. The smallest absolute Gasteiger partial charge is 0.156 e. The fourth-order valence-corrected chi connectivity index (χ4v) is 1.98. The van der Waals surface area contributed by atoms with E-state index in [-0.39, 0.29) is 0 Å². The third kappa shape index (κ3) is 2.65. The zero-order valence-corrected chi connectivity index (χ0v) is 11.7. The minimum absolute atomic E-state index is 0.710. The van der Waals surface area contributed by atoms with Crippen molar-refractivity contribution in [3.8, 4) is 23.3 Å². The van der Waals surface area contributed by atoms with Crippen molar-refractivity contribution >= 4 is 11.0 Å². The number of H-pyrrole nitrogens is 1. The largest absolute Gasteiger partial charge is 0.497 e. The molecule has 0 spiro atoms. The van der Waals surface area contributed by atoms with E-state index in [1.807, 2.05) is 24.3 Å². The molecule has 3 rings (SSSR count). The Labute approximate surface area is 121 Å². The normalized spacial score (nSPS) is 10.0. The Kier molecular flexibility index (Phi) is 3.44. The van der Waals surface area contributed by atoms with E-state index < -0.39 is 0 Å². The van der Waals surface area contributed by atoms with Crippen LogP contribution in [0.5, 0.6) is 11.5 Å². The number of nitrogens with one attached hydrogen (secondary N) is 1. The number of nitrogens with zero attached hydrogens (tertiary/aromatic N) is 2. The lowest BCUT2D eigenvalue weighted by atomic mass is 10.1. The van der Waals surface area contributed by atoms with Crippen LogP contribution in [0.4, 0.5) is 0 Å². The van der Waals surface area contributed by atoms with Crippen LogP contribution >= 0.6 is 0 Å². The van der Waals surface area contributed by atoms with E-state index in [1.165, 1.54) is 0 Å². The standard InChI is InChI=1S/C16H13N3O2/c1-20-13-7-11(8-14(9-13)21-2)3-4-12-5-6-17-16-15(12)10-18-19-16/h5-10H,1-2H3,(H,17,18,19). The Balaban J connectivity index is 2.03. The van der Waals surface area contributed by atoms with Crippen molar-refractivity contribution in [3.63, 3.8) is 0 Å². The lowest BCUT2D eigenvalue weighted by Crippen LogP contribution is -1.88. The summed E-state index contributed by atoms with van der Waals surface area (Å²) in [5.41, 5.74) is 2.42. The summed E-state index contributed by atoms with van der Waals surface area (Å²) in [5, 5.41) is 7.70. The third-order valence-corrected chi connectivity index (χ3v) is 3.05. The number of rotatable bonds is 2. The van der Waals surface area contributed by atoms with Crippen LogP contribution in [0.3, 0.4) is 0 Å². The van der Waals surface area contributed by atoms with E-state index >= 15 is 0 Å². The molecule has 0 bridgehead atoms. The molecule has 0 aliphatic heterocycles. The van der Waals surface area contributed by atoms with Crippen molar-refractivity contribution in [2.24, 2.45) is 0 Å². The molecule has 0 fully saturated rings. The molecule has 0 saturated carbocycles.